The van der Waals surface area contributed by atoms with E-state index in [-0.39, 0.29) is 16.7 Å². The van der Waals surface area contributed by atoms with Gasteiger partial charge in [-0.3, -0.25) is 0 Å². The van der Waals surface area contributed by atoms with Crippen molar-refractivity contribution in [3.8, 4) is 68.9 Å². The molecule has 0 aliphatic carbocycles. The first-order valence-electron chi connectivity index (χ1n) is 30.4. The molecular weight excluding hydrogens is 1070 g/mol. The summed E-state index contributed by atoms with van der Waals surface area (Å²) in [4.78, 5) is 0. The summed E-state index contributed by atoms with van der Waals surface area (Å²) in [7, 11) is 0. The van der Waals surface area contributed by atoms with Crippen LogP contribution in [0.4, 0.5) is 26.3 Å². The van der Waals surface area contributed by atoms with Crippen LogP contribution in [0.3, 0.4) is 0 Å². The molecule has 9 aromatic rings. The molecular formula is C80H76F6. The standard InChI is InChI=1S/C28H28F2.C27H26F2.C25H22F2/c1-3-5-7-21-9-14-24(15-10-21)25-16-11-22(12-17-25)13-18-26-27(29)19-23(8-6-4-2)20-28(26)30;1-3-5-7-22-18-26(28)25(27(29)19-22)17-12-21-10-15-24(16-11-21)23-13-8-20(6-4-2)9-14-23;1-3-5-19-6-11-21(12-7-19)22-13-8-20(9-14-22)10-15-23-24(26)16-18(4-2)17-25(23)27/h9-12,14-17,19-20H,3-8H2,1-2H3;8-11,13-16,18-19H,3-7H2,1-2H3;6-9,11-14,16-17H,3-5H2,1-2H3. The van der Waals surface area contributed by atoms with Gasteiger partial charge in [0, 0.05) is 16.7 Å². The fourth-order valence-corrected chi connectivity index (χ4v) is 9.68. The van der Waals surface area contributed by atoms with Gasteiger partial charge in [0.2, 0.25) is 0 Å². The van der Waals surface area contributed by atoms with Gasteiger partial charge in [0.25, 0.3) is 0 Å². The SMILES string of the molecule is CCCCc1cc(F)c(C#Cc2ccc(-c3ccc(CCC)cc3)cc2)c(F)c1.CCCCc1ccc(-c2ccc(C#Cc3c(F)cc(CCCC)cc3F)cc2)cc1.CCCc1ccc(-c2ccc(C#Cc3c(F)cc(CC)cc3F)cc2)cc1. The molecule has 6 heteroatoms. The van der Waals surface area contributed by atoms with Crippen molar-refractivity contribution in [1.29, 1.82) is 0 Å². The molecule has 0 atom stereocenters. The highest BCUT2D eigenvalue weighted by atomic mass is 19.2. The van der Waals surface area contributed by atoms with E-state index in [1.807, 2.05) is 79.7 Å². The maximum absolute atomic E-state index is 14.3. The van der Waals surface area contributed by atoms with Crippen LogP contribution in [0.15, 0.2) is 182 Å². The predicted octanol–water partition coefficient (Wildman–Crippen LogP) is 21.6. The van der Waals surface area contributed by atoms with Gasteiger partial charge in [-0.05, 0) is 197 Å². The lowest BCUT2D eigenvalue weighted by Crippen LogP contribution is -1.95. The third-order valence-corrected chi connectivity index (χ3v) is 14.8. The quantitative estimate of drug-likeness (QED) is 0.0630. The Bertz CT molecular complexity index is 3730. The van der Waals surface area contributed by atoms with E-state index in [9.17, 15) is 26.3 Å². The van der Waals surface area contributed by atoms with Crippen molar-refractivity contribution in [1.82, 2.24) is 0 Å². The van der Waals surface area contributed by atoms with E-state index in [0.717, 1.165) is 108 Å². The lowest BCUT2D eigenvalue weighted by atomic mass is 10.0. The van der Waals surface area contributed by atoms with Crippen molar-refractivity contribution in [2.45, 2.75) is 131 Å². The second-order valence-electron chi connectivity index (χ2n) is 21.5. The smallest absolute Gasteiger partial charge is 0.142 e. The Balaban J connectivity index is 0.000000185. The number of benzene rings is 9. The molecule has 0 saturated carbocycles. The average molecular weight is 1150 g/mol. The summed E-state index contributed by atoms with van der Waals surface area (Å²) < 4.78 is 85.2. The molecule has 0 heterocycles. The first-order valence-corrected chi connectivity index (χ1v) is 30.4. The van der Waals surface area contributed by atoms with E-state index in [2.05, 4.69) is 143 Å². The van der Waals surface area contributed by atoms with Gasteiger partial charge in [-0.2, -0.15) is 0 Å². The summed E-state index contributed by atoms with van der Waals surface area (Å²) >= 11 is 0. The summed E-state index contributed by atoms with van der Waals surface area (Å²) in [6.07, 6.45) is 13.7. The van der Waals surface area contributed by atoms with Gasteiger partial charge in [-0.15, -0.1) is 0 Å². The maximum atomic E-state index is 14.3. The number of halogens is 6. The second-order valence-corrected chi connectivity index (χ2v) is 21.5. The van der Waals surface area contributed by atoms with Crippen LogP contribution >= 0.6 is 0 Å². The molecule has 9 rings (SSSR count). The molecule has 86 heavy (non-hydrogen) atoms. The third kappa shape index (κ3) is 19.4. The average Bonchev–Trinajstić information content (AvgIpc) is 3.71. The number of rotatable bonds is 17. The minimum absolute atomic E-state index is 0.165. The molecule has 0 aromatic heterocycles. The highest BCUT2D eigenvalue weighted by molar-refractivity contribution is 5.67. The molecule has 0 amide bonds. The van der Waals surface area contributed by atoms with Crippen molar-refractivity contribution < 1.29 is 26.3 Å². The fraction of sp³-hybridized carbons (Fsp3) is 0.250. The van der Waals surface area contributed by atoms with Gasteiger partial charge in [0.15, 0.2) is 0 Å². The minimum atomic E-state index is -0.608. The van der Waals surface area contributed by atoms with E-state index < -0.39 is 34.9 Å². The summed E-state index contributed by atoms with van der Waals surface area (Å²) in [6.45, 7) is 12.5. The molecule has 438 valence electrons. The summed E-state index contributed by atoms with van der Waals surface area (Å²) in [6, 6.07) is 57.2. The minimum Gasteiger partial charge on any atom is -0.206 e. The molecule has 0 aliphatic rings. The van der Waals surface area contributed by atoms with E-state index in [1.165, 1.54) is 65.9 Å². The summed E-state index contributed by atoms with van der Waals surface area (Å²) in [5.74, 6) is 13.0. The molecule has 0 bridgehead atoms. The van der Waals surface area contributed by atoms with E-state index in [1.54, 1.807) is 0 Å². The van der Waals surface area contributed by atoms with Crippen LogP contribution in [-0.4, -0.2) is 0 Å². The van der Waals surface area contributed by atoms with Gasteiger partial charge in [0.1, 0.15) is 34.9 Å². The summed E-state index contributed by atoms with van der Waals surface area (Å²) in [5.41, 5.74) is 14.4. The second kappa shape index (κ2) is 33.7. The Kier molecular flexibility index (Phi) is 25.4. The zero-order chi connectivity index (χ0) is 61.2. The zero-order valence-electron chi connectivity index (χ0n) is 50.5. The predicted molar refractivity (Wildman–Crippen MR) is 346 cm³/mol. The van der Waals surface area contributed by atoms with Crippen molar-refractivity contribution in [2.24, 2.45) is 0 Å². The maximum Gasteiger partial charge on any atom is 0.142 e. The van der Waals surface area contributed by atoms with Crippen molar-refractivity contribution >= 4 is 0 Å². The van der Waals surface area contributed by atoms with Crippen LogP contribution in [0.5, 0.6) is 0 Å². The molecule has 0 N–H and O–H groups in total. The normalized spacial score (nSPS) is 10.5. The van der Waals surface area contributed by atoms with Crippen LogP contribution in [0.2, 0.25) is 0 Å². The molecule has 0 saturated heterocycles. The van der Waals surface area contributed by atoms with Crippen LogP contribution in [0.1, 0.15) is 160 Å². The van der Waals surface area contributed by atoms with Crippen molar-refractivity contribution in [3.63, 3.8) is 0 Å². The zero-order valence-corrected chi connectivity index (χ0v) is 50.5. The highest BCUT2D eigenvalue weighted by Crippen LogP contribution is 2.26. The monoisotopic (exact) mass is 1150 g/mol. The Morgan fingerprint density at radius 2 is 0.453 bits per heavy atom. The first kappa shape index (κ1) is 64.8. The van der Waals surface area contributed by atoms with Crippen LogP contribution in [0.25, 0.3) is 33.4 Å². The van der Waals surface area contributed by atoms with Crippen molar-refractivity contribution in [3.05, 3.63) is 284 Å². The highest BCUT2D eigenvalue weighted by Gasteiger charge is 2.12. The van der Waals surface area contributed by atoms with E-state index in [0.29, 0.717) is 36.0 Å². The van der Waals surface area contributed by atoms with Gasteiger partial charge in [0.05, 0.1) is 16.7 Å². The first-order chi connectivity index (χ1) is 41.8. The van der Waals surface area contributed by atoms with Gasteiger partial charge >= 0.3 is 0 Å². The topological polar surface area (TPSA) is 0 Å². The molecule has 0 fully saturated rings. The number of aryl methyl sites for hydroxylation is 6. The Morgan fingerprint density at radius 1 is 0.233 bits per heavy atom. The Hall–Kier alpha value is -8.76. The van der Waals surface area contributed by atoms with Crippen LogP contribution < -0.4 is 0 Å². The van der Waals surface area contributed by atoms with Gasteiger partial charge in [-0.25, -0.2) is 26.3 Å². The van der Waals surface area contributed by atoms with Crippen LogP contribution in [-0.2, 0) is 38.5 Å². The molecule has 0 radical (unpaired) electrons. The number of hydrogen-bond donors (Lipinski definition) is 0. The molecule has 0 spiro atoms. The van der Waals surface area contributed by atoms with Gasteiger partial charge < -0.3 is 0 Å². The largest absolute Gasteiger partial charge is 0.206 e. The van der Waals surface area contributed by atoms with Crippen molar-refractivity contribution in [2.75, 3.05) is 0 Å². The van der Waals surface area contributed by atoms with Crippen LogP contribution in [0, 0.1) is 70.4 Å². The third-order valence-electron chi connectivity index (χ3n) is 14.8. The van der Waals surface area contributed by atoms with Gasteiger partial charge in [-0.1, -0.05) is 218 Å². The molecule has 0 aliphatic heterocycles. The Labute approximate surface area is 507 Å². The lowest BCUT2D eigenvalue weighted by Gasteiger charge is -2.05. The molecule has 9 aromatic carbocycles. The van der Waals surface area contributed by atoms with E-state index >= 15 is 0 Å². The lowest BCUT2D eigenvalue weighted by molar-refractivity contribution is 0.572. The van der Waals surface area contributed by atoms with E-state index in [4.69, 9.17) is 0 Å². The number of unbranched alkanes of at least 4 members (excludes halogenated alkanes) is 3. The summed E-state index contributed by atoms with van der Waals surface area (Å²) in [5, 5.41) is 0. The Morgan fingerprint density at radius 3 is 0.686 bits per heavy atom. The fourth-order valence-electron chi connectivity index (χ4n) is 9.68. The molecule has 0 unspecified atom stereocenters. The number of hydrogen-bond acceptors (Lipinski definition) is 0. The molecule has 0 nitrogen and oxygen atoms in total.